The van der Waals surface area contributed by atoms with E-state index >= 15 is 0 Å². The maximum Gasteiger partial charge on any atom is 0.308 e. The fraction of sp³-hybridized carbons (Fsp3) is 0.286. The molecule has 0 N–H and O–H groups in total. The summed E-state index contributed by atoms with van der Waals surface area (Å²) in [4.78, 5) is 33.8. The Morgan fingerprint density at radius 2 is 1.46 bits per heavy atom. The molecule has 1 aliphatic rings. The molecule has 1 heterocycles. The summed E-state index contributed by atoms with van der Waals surface area (Å²) in [7, 11) is 0. The van der Waals surface area contributed by atoms with Gasteiger partial charge in [0.15, 0.2) is 6.10 Å². The zero-order chi connectivity index (χ0) is 20.3. The molecule has 0 aliphatic carbocycles. The van der Waals surface area contributed by atoms with Crippen LogP contribution in [0.25, 0.3) is 0 Å². The molecule has 0 radical (unpaired) electrons. The standard InChI is InChI=1S/C21H20O7/c1-12(22)25-17-7-4-15(5-8-17)21-20(27-14(3)24)10-16-6-9-18(26-13(2)23)11-19(16)28-21/h4-9,11,20-21H,10H2,1-3H3/t20-,21-/m1/s1. The Hall–Kier alpha value is -3.35. The van der Waals surface area contributed by atoms with Gasteiger partial charge in [-0.3, -0.25) is 14.4 Å². The van der Waals surface area contributed by atoms with Crippen molar-refractivity contribution in [3.63, 3.8) is 0 Å². The fourth-order valence-corrected chi connectivity index (χ4v) is 3.07. The highest BCUT2D eigenvalue weighted by Gasteiger charge is 2.34. The van der Waals surface area contributed by atoms with Crippen LogP contribution in [0.2, 0.25) is 0 Å². The van der Waals surface area contributed by atoms with Gasteiger partial charge in [-0.2, -0.15) is 0 Å². The lowest BCUT2D eigenvalue weighted by atomic mass is 9.94. The van der Waals surface area contributed by atoms with Crippen LogP contribution < -0.4 is 14.2 Å². The molecule has 3 rings (SSSR count). The Morgan fingerprint density at radius 1 is 0.857 bits per heavy atom. The molecule has 0 spiro atoms. The summed E-state index contributed by atoms with van der Waals surface area (Å²) >= 11 is 0. The van der Waals surface area contributed by atoms with Gasteiger partial charge in [0.25, 0.3) is 0 Å². The summed E-state index contributed by atoms with van der Waals surface area (Å²) in [6, 6.07) is 11.9. The zero-order valence-electron chi connectivity index (χ0n) is 15.8. The molecule has 1 aliphatic heterocycles. The Morgan fingerprint density at radius 3 is 2.07 bits per heavy atom. The van der Waals surface area contributed by atoms with E-state index in [1.165, 1.54) is 20.8 Å². The minimum atomic E-state index is -0.560. The number of rotatable bonds is 4. The highest BCUT2D eigenvalue weighted by Crippen LogP contribution is 2.39. The van der Waals surface area contributed by atoms with Gasteiger partial charge in [0.2, 0.25) is 0 Å². The summed E-state index contributed by atoms with van der Waals surface area (Å²) in [5.41, 5.74) is 1.60. The van der Waals surface area contributed by atoms with Crippen molar-refractivity contribution in [1.82, 2.24) is 0 Å². The van der Waals surface area contributed by atoms with Crippen molar-refractivity contribution in [1.29, 1.82) is 0 Å². The van der Waals surface area contributed by atoms with Crippen LogP contribution in [0, 0.1) is 0 Å². The average Bonchev–Trinajstić information content (AvgIpc) is 2.60. The number of fused-ring (bicyclic) bond motifs is 1. The molecule has 0 saturated heterocycles. The van der Waals surface area contributed by atoms with E-state index in [0.717, 1.165) is 11.1 Å². The highest BCUT2D eigenvalue weighted by molar-refractivity contribution is 5.70. The number of esters is 3. The Labute approximate surface area is 162 Å². The third-order valence-electron chi connectivity index (χ3n) is 4.10. The van der Waals surface area contributed by atoms with Crippen molar-refractivity contribution in [3.8, 4) is 17.2 Å². The van der Waals surface area contributed by atoms with Crippen LogP contribution in [0.3, 0.4) is 0 Å². The van der Waals surface area contributed by atoms with Gasteiger partial charge in [-0.1, -0.05) is 18.2 Å². The van der Waals surface area contributed by atoms with E-state index in [-0.39, 0.29) is 0 Å². The summed E-state index contributed by atoms with van der Waals surface area (Å²) in [5.74, 6) is 0.0960. The molecule has 2 aromatic rings. The summed E-state index contributed by atoms with van der Waals surface area (Å²) < 4.78 is 21.7. The third-order valence-corrected chi connectivity index (χ3v) is 4.10. The van der Waals surface area contributed by atoms with Gasteiger partial charge in [0, 0.05) is 33.3 Å². The first-order valence-corrected chi connectivity index (χ1v) is 8.75. The lowest BCUT2D eigenvalue weighted by Gasteiger charge is -2.33. The smallest absolute Gasteiger partial charge is 0.308 e. The lowest BCUT2D eigenvalue weighted by Crippen LogP contribution is -2.34. The Kier molecular flexibility index (Phi) is 5.63. The molecule has 2 atom stereocenters. The minimum absolute atomic E-state index is 0.376. The molecular formula is C21H20O7. The highest BCUT2D eigenvalue weighted by atomic mass is 16.6. The van der Waals surface area contributed by atoms with E-state index in [9.17, 15) is 14.4 Å². The SMILES string of the molecule is CC(=O)Oc1ccc([C@H]2Oc3cc(OC(C)=O)ccc3C[C@H]2OC(C)=O)cc1. The molecular weight excluding hydrogens is 364 g/mol. The fourth-order valence-electron chi connectivity index (χ4n) is 3.07. The Balaban J connectivity index is 1.90. The van der Waals surface area contributed by atoms with Crippen molar-refractivity contribution in [2.45, 2.75) is 39.4 Å². The third kappa shape index (κ3) is 4.68. The molecule has 7 nitrogen and oxygen atoms in total. The Bertz CT molecular complexity index is 901. The van der Waals surface area contributed by atoms with Crippen LogP contribution in [0.4, 0.5) is 0 Å². The topological polar surface area (TPSA) is 88.1 Å². The second-order valence-electron chi connectivity index (χ2n) is 6.42. The molecule has 0 unspecified atom stereocenters. The maximum absolute atomic E-state index is 11.6. The average molecular weight is 384 g/mol. The first-order valence-electron chi connectivity index (χ1n) is 8.75. The largest absolute Gasteiger partial charge is 0.481 e. The van der Waals surface area contributed by atoms with Crippen molar-refractivity contribution in [2.75, 3.05) is 0 Å². The van der Waals surface area contributed by atoms with Gasteiger partial charge in [-0.25, -0.2) is 0 Å². The normalized spacial score (nSPS) is 17.7. The first-order chi connectivity index (χ1) is 13.3. The van der Waals surface area contributed by atoms with Gasteiger partial charge < -0.3 is 18.9 Å². The predicted molar refractivity (Wildman–Crippen MR) is 98.1 cm³/mol. The number of hydrogen-bond acceptors (Lipinski definition) is 7. The number of hydrogen-bond donors (Lipinski definition) is 0. The minimum Gasteiger partial charge on any atom is -0.481 e. The zero-order valence-corrected chi connectivity index (χ0v) is 15.8. The molecule has 0 amide bonds. The molecule has 0 aromatic heterocycles. The van der Waals surface area contributed by atoms with E-state index in [0.29, 0.717) is 23.7 Å². The predicted octanol–water partition coefficient (Wildman–Crippen LogP) is 3.15. The molecule has 2 aromatic carbocycles. The molecule has 146 valence electrons. The van der Waals surface area contributed by atoms with Gasteiger partial charge in [-0.15, -0.1) is 0 Å². The monoisotopic (exact) mass is 384 g/mol. The molecule has 0 bridgehead atoms. The van der Waals surface area contributed by atoms with Crippen LogP contribution in [-0.4, -0.2) is 24.0 Å². The van der Waals surface area contributed by atoms with Crippen LogP contribution >= 0.6 is 0 Å². The van der Waals surface area contributed by atoms with Crippen LogP contribution in [0.15, 0.2) is 42.5 Å². The number of carbonyl (C=O) groups is 3. The van der Waals surface area contributed by atoms with Crippen LogP contribution in [0.5, 0.6) is 17.2 Å². The first kappa shape index (κ1) is 19.4. The van der Waals surface area contributed by atoms with Crippen molar-refractivity contribution in [3.05, 3.63) is 53.6 Å². The summed E-state index contributed by atoms with van der Waals surface area (Å²) in [6.07, 6.45) is -0.634. The lowest BCUT2D eigenvalue weighted by molar-refractivity contribution is -0.152. The molecule has 7 heteroatoms. The maximum atomic E-state index is 11.6. The molecule has 28 heavy (non-hydrogen) atoms. The van der Waals surface area contributed by atoms with E-state index in [1.807, 2.05) is 0 Å². The quantitative estimate of drug-likeness (QED) is 0.591. The van der Waals surface area contributed by atoms with Crippen LogP contribution in [0.1, 0.15) is 38.0 Å². The summed E-state index contributed by atoms with van der Waals surface area (Å²) in [6.45, 7) is 4.00. The number of ether oxygens (including phenoxy) is 4. The van der Waals surface area contributed by atoms with Crippen LogP contribution in [-0.2, 0) is 25.5 Å². The van der Waals surface area contributed by atoms with Crippen molar-refractivity contribution < 1.29 is 33.3 Å². The second kappa shape index (κ2) is 8.12. The van der Waals surface area contributed by atoms with Gasteiger partial charge >= 0.3 is 17.9 Å². The van der Waals surface area contributed by atoms with E-state index in [4.69, 9.17) is 18.9 Å². The second-order valence-corrected chi connectivity index (χ2v) is 6.42. The van der Waals surface area contributed by atoms with Crippen molar-refractivity contribution in [2.24, 2.45) is 0 Å². The van der Waals surface area contributed by atoms with E-state index < -0.39 is 30.1 Å². The van der Waals surface area contributed by atoms with Gasteiger partial charge in [-0.05, 0) is 29.3 Å². The number of carbonyl (C=O) groups excluding carboxylic acids is 3. The van der Waals surface area contributed by atoms with Crippen molar-refractivity contribution >= 4 is 17.9 Å². The molecule has 0 saturated carbocycles. The van der Waals surface area contributed by atoms with E-state index in [2.05, 4.69) is 0 Å². The van der Waals surface area contributed by atoms with E-state index in [1.54, 1.807) is 42.5 Å². The summed E-state index contributed by atoms with van der Waals surface area (Å²) in [5, 5.41) is 0. The van der Waals surface area contributed by atoms with Gasteiger partial charge in [0.05, 0.1) is 0 Å². The number of benzene rings is 2. The molecule has 0 fully saturated rings. The van der Waals surface area contributed by atoms with Gasteiger partial charge in [0.1, 0.15) is 23.4 Å².